The minimum Gasteiger partial charge on any atom is -0.350 e. The van der Waals surface area contributed by atoms with Gasteiger partial charge in [0.05, 0.1) is 18.4 Å². The smallest absolute Gasteiger partial charge is 0.251 e. The minimum atomic E-state index is -0.292. The number of rotatable bonds is 8. The fourth-order valence-corrected chi connectivity index (χ4v) is 3.71. The van der Waals surface area contributed by atoms with Crippen molar-refractivity contribution in [2.45, 2.75) is 13.1 Å². The average Bonchev–Trinajstić information content (AvgIpc) is 3.24. The van der Waals surface area contributed by atoms with Gasteiger partial charge in [-0.1, -0.05) is 12.1 Å². The number of pyridine rings is 1. The van der Waals surface area contributed by atoms with E-state index in [0.29, 0.717) is 18.7 Å². The molecule has 4 aromatic rings. The van der Waals surface area contributed by atoms with Crippen LogP contribution in [0.25, 0.3) is 22.4 Å². The van der Waals surface area contributed by atoms with Crippen LogP contribution < -0.4 is 5.32 Å². The van der Waals surface area contributed by atoms with E-state index in [1.165, 1.54) is 12.1 Å². The van der Waals surface area contributed by atoms with Gasteiger partial charge in [0.1, 0.15) is 5.82 Å². The first-order valence-electron chi connectivity index (χ1n) is 10.8. The predicted octanol–water partition coefficient (Wildman–Crippen LogP) is 4.24. The number of nitrogens with zero attached hydrogens (tertiary/aromatic N) is 4. The molecule has 168 valence electrons. The molecule has 0 aliphatic heterocycles. The van der Waals surface area contributed by atoms with Crippen LogP contribution in [-0.4, -0.2) is 46.2 Å². The molecular weight excluding hydrogens is 417 g/mol. The maximum absolute atomic E-state index is 13.5. The Labute approximate surface area is 192 Å². The lowest BCUT2D eigenvalue weighted by Gasteiger charge is -2.12. The number of amides is 1. The number of aromatic nitrogens is 3. The summed E-state index contributed by atoms with van der Waals surface area (Å²) in [6.45, 7) is 1.71. The largest absolute Gasteiger partial charge is 0.350 e. The Morgan fingerprint density at radius 2 is 1.67 bits per heavy atom. The number of hydrogen-bond acceptors (Lipinski definition) is 4. The molecule has 7 heteroatoms. The summed E-state index contributed by atoms with van der Waals surface area (Å²) < 4.78 is 15.3. The lowest BCUT2D eigenvalue weighted by Crippen LogP contribution is -2.27. The van der Waals surface area contributed by atoms with Gasteiger partial charge in [0.15, 0.2) is 0 Å². The Balaban J connectivity index is 1.49. The Kier molecular flexibility index (Phi) is 6.90. The van der Waals surface area contributed by atoms with Crippen molar-refractivity contribution in [3.05, 3.63) is 96.2 Å². The van der Waals surface area contributed by atoms with Crippen LogP contribution in [0.3, 0.4) is 0 Å². The number of carbonyl (C=O) groups excluding carboxylic acids is 1. The van der Waals surface area contributed by atoms with Crippen LogP contribution >= 0.6 is 0 Å². The molecule has 6 nitrogen and oxygen atoms in total. The fraction of sp³-hybridized carbons (Fsp3) is 0.192. The van der Waals surface area contributed by atoms with Crippen molar-refractivity contribution in [1.82, 2.24) is 25.0 Å². The molecule has 0 spiro atoms. The maximum Gasteiger partial charge on any atom is 0.251 e. The van der Waals surface area contributed by atoms with E-state index in [2.05, 4.69) is 20.3 Å². The van der Waals surface area contributed by atoms with Gasteiger partial charge in [-0.3, -0.25) is 14.5 Å². The molecule has 2 aromatic heterocycles. The molecule has 0 radical (unpaired) electrons. The van der Waals surface area contributed by atoms with E-state index in [1.54, 1.807) is 30.7 Å². The zero-order chi connectivity index (χ0) is 23.2. The van der Waals surface area contributed by atoms with Crippen molar-refractivity contribution in [2.24, 2.45) is 0 Å². The first-order chi connectivity index (χ1) is 16.0. The van der Waals surface area contributed by atoms with Crippen molar-refractivity contribution in [3.63, 3.8) is 0 Å². The van der Waals surface area contributed by atoms with Crippen LogP contribution in [0, 0.1) is 5.82 Å². The van der Waals surface area contributed by atoms with Gasteiger partial charge in [-0.05, 0) is 73.8 Å². The summed E-state index contributed by atoms with van der Waals surface area (Å²) in [5.74, 6) is -0.421. The van der Waals surface area contributed by atoms with Gasteiger partial charge in [0.2, 0.25) is 0 Å². The van der Waals surface area contributed by atoms with Gasteiger partial charge in [-0.2, -0.15) is 5.10 Å². The Hall–Kier alpha value is -3.84. The van der Waals surface area contributed by atoms with E-state index in [4.69, 9.17) is 0 Å². The van der Waals surface area contributed by atoms with Crippen LogP contribution in [-0.2, 0) is 13.1 Å². The van der Waals surface area contributed by atoms with Gasteiger partial charge in [0, 0.05) is 42.2 Å². The summed E-state index contributed by atoms with van der Waals surface area (Å²) >= 11 is 0. The van der Waals surface area contributed by atoms with Crippen molar-refractivity contribution in [2.75, 3.05) is 20.6 Å². The average molecular weight is 444 g/mol. The highest BCUT2D eigenvalue weighted by Gasteiger charge is 2.15. The van der Waals surface area contributed by atoms with E-state index in [-0.39, 0.29) is 11.7 Å². The zero-order valence-corrected chi connectivity index (χ0v) is 18.7. The topological polar surface area (TPSA) is 63.1 Å². The van der Waals surface area contributed by atoms with Crippen molar-refractivity contribution < 1.29 is 9.18 Å². The SMILES string of the molecule is CN(C)Cc1ccc(C(=O)NCCn2ncc(-c3ccncc3)c2-c2ccc(F)cc2)cc1. The third kappa shape index (κ3) is 5.51. The van der Waals surface area contributed by atoms with Gasteiger partial charge >= 0.3 is 0 Å². The summed E-state index contributed by atoms with van der Waals surface area (Å²) in [7, 11) is 4.02. The third-order valence-corrected chi connectivity index (χ3v) is 5.27. The number of hydrogen-bond donors (Lipinski definition) is 1. The standard InChI is InChI=1S/C26H26FN5O/c1-31(2)18-19-3-5-22(6-4-19)26(33)29-15-16-32-25(21-7-9-23(27)10-8-21)24(17-30-32)20-11-13-28-14-12-20/h3-14,17H,15-16,18H2,1-2H3,(H,29,33). The first-order valence-corrected chi connectivity index (χ1v) is 10.8. The summed E-state index contributed by atoms with van der Waals surface area (Å²) in [5.41, 5.74) is 5.38. The predicted molar refractivity (Wildman–Crippen MR) is 127 cm³/mol. The molecular formula is C26H26FN5O. The molecule has 0 unspecified atom stereocenters. The Morgan fingerprint density at radius 3 is 2.33 bits per heavy atom. The molecule has 0 aliphatic carbocycles. The molecule has 0 saturated carbocycles. The quantitative estimate of drug-likeness (QED) is 0.442. The van der Waals surface area contributed by atoms with Gasteiger partial charge in [-0.25, -0.2) is 4.39 Å². The van der Waals surface area contributed by atoms with Gasteiger partial charge in [-0.15, -0.1) is 0 Å². The van der Waals surface area contributed by atoms with Crippen molar-refractivity contribution in [3.8, 4) is 22.4 Å². The van der Waals surface area contributed by atoms with Crippen LogP contribution in [0.5, 0.6) is 0 Å². The highest BCUT2D eigenvalue weighted by molar-refractivity contribution is 5.94. The zero-order valence-electron chi connectivity index (χ0n) is 18.7. The summed E-state index contributed by atoms with van der Waals surface area (Å²) in [5, 5.41) is 7.51. The van der Waals surface area contributed by atoms with Crippen LogP contribution in [0.4, 0.5) is 4.39 Å². The maximum atomic E-state index is 13.5. The normalized spacial score (nSPS) is 11.0. The third-order valence-electron chi connectivity index (χ3n) is 5.27. The summed E-state index contributed by atoms with van der Waals surface area (Å²) in [6.07, 6.45) is 5.25. The lowest BCUT2D eigenvalue weighted by molar-refractivity contribution is 0.0952. The molecule has 2 heterocycles. The molecule has 0 atom stereocenters. The number of carbonyl (C=O) groups is 1. The second-order valence-corrected chi connectivity index (χ2v) is 8.06. The molecule has 33 heavy (non-hydrogen) atoms. The Morgan fingerprint density at radius 1 is 0.970 bits per heavy atom. The first kappa shape index (κ1) is 22.4. The highest BCUT2D eigenvalue weighted by Crippen LogP contribution is 2.31. The summed E-state index contributed by atoms with van der Waals surface area (Å²) in [4.78, 5) is 18.8. The second kappa shape index (κ2) is 10.2. The summed E-state index contributed by atoms with van der Waals surface area (Å²) in [6, 6.07) is 17.8. The van der Waals surface area contributed by atoms with Gasteiger partial charge < -0.3 is 10.2 Å². The van der Waals surface area contributed by atoms with Crippen LogP contribution in [0.2, 0.25) is 0 Å². The molecule has 2 aromatic carbocycles. The fourth-order valence-electron chi connectivity index (χ4n) is 3.71. The Bertz CT molecular complexity index is 1200. The van der Waals surface area contributed by atoms with E-state index >= 15 is 0 Å². The van der Waals surface area contributed by atoms with Gasteiger partial charge in [0.25, 0.3) is 5.91 Å². The van der Waals surface area contributed by atoms with E-state index in [0.717, 1.165) is 34.5 Å². The van der Waals surface area contributed by atoms with E-state index < -0.39 is 0 Å². The molecule has 0 saturated heterocycles. The number of halogens is 1. The van der Waals surface area contributed by atoms with E-state index in [9.17, 15) is 9.18 Å². The van der Waals surface area contributed by atoms with E-state index in [1.807, 2.05) is 55.2 Å². The van der Waals surface area contributed by atoms with Crippen molar-refractivity contribution >= 4 is 5.91 Å². The molecule has 1 amide bonds. The lowest BCUT2D eigenvalue weighted by atomic mass is 10.0. The second-order valence-electron chi connectivity index (χ2n) is 8.06. The monoisotopic (exact) mass is 443 g/mol. The molecule has 0 fully saturated rings. The highest BCUT2D eigenvalue weighted by atomic mass is 19.1. The molecule has 1 N–H and O–H groups in total. The number of benzene rings is 2. The van der Waals surface area contributed by atoms with Crippen LogP contribution in [0.1, 0.15) is 15.9 Å². The van der Waals surface area contributed by atoms with Crippen LogP contribution in [0.15, 0.2) is 79.3 Å². The number of nitrogens with one attached hydrogen (secondary N) is 1. The minimum absolute atomic E-state index is 0.128. The van der Waals surface area contributed by atoms with Crippen molar-refractivity contribution in [1.29, 1.82) is 0 Å². The molecule has 0 aliphatic rings. The molecule has 0 bridgehead atoms. The molecule has 4 rings (SSSR count).